The van der Waals surface area contributed by atoms with Crippen molar-refractivity contribution in [2.24, 2.45) is 0 Å². The molecule has 0 spiro atoms. The van der Waals surface area contributed by atoms with E-state index in [9.17, 15) is 4.79 Å². The highest BCUT2D eigenvalue weighted by atomic mass is 16.5. The summed E-state index contributed by atoms with van der Waals surface area (Å²) in [6, 6.07) is 1.85. The molecule has 0 fully saturated rings. The van der Waals surface area contributed by atoms with Crippen molar-refractivity contribution >= 4 is 11.6 Å². The third-order valence-corrected chi connectivity index (χ3v) is 2.70. The lowest BCUT2D eigenvalue weighted by Gasteiger charge is -2.12. The number of hydrogen-bond donors (Lipinski definition) is 2. The maximum Gasteiger partial charge on any atom is 0.268 e. The molecule has 2 rings (SSSR count). The number of amides is 1. The average Bonchev–Trinajstić information content (AvgIpc) is 2.98. The zero-order valence-electron chi connectivity index (χ0n) is 11.0. The molecule has 0 aliphatic carbocycles. The largest absolute Gasteiger partial charge is 0.397 e. The molecule has 2 aromatic rings. The molecule has 0 radical (unpaired) electrons. The van der Waals surface area contributed by atoms with Crippen LogP contribution in [0.15, 0.2) is 23.2 Å². The molecule has 2 heterocycles. The van der Waals surface area contributed by atoms with Crippen LogP contribution in [0.3, 0.4) is 0 Å². The monoisotopic (exact) mass is 263 g/mol. The number of nitrogens with one attached hydrogen (secondary N) is 1. The summed E-state index contributed by atoms with van der Waals surface area (Å²) in [4.78, 5) is 15.9. The fourth-order valence-electron chi connectivity index (χ4n) is 1.79. The van der Waals surface area contributed by atoms with Crippen molar-refractivity contribution in [2.75, 3.05) is 12.3 Å². The fraction of sp³-hybridized carbons (Fsp3) is 0.417. The molecule has 102 valence electrons. The van der Waals surface area contributed by atoms with Gasteiger partial charge in [0.1, 0.15) is 5.69 Å². The van der Waals surface area contributed by atoms with E-state index in [2.05, 4.69) is 20.0 Å². The Hall–Kier alpha value is -2.31. The minimum absolute atomic E-state index is 0.158. The minimum Gasteiger partial charge on any atom is -0.397 e. The van der Waals surface area contributed by atoms with E-state index in [4.69, 9.17) is 5.73 Å². The molecule has 19 heavy (non-hydrogen) atoms. The summed E-state index contributed by atoms with van der Waals surface area (Å²) in [5.41, 5.74) is 6.86. The zero-order valence-corrected chi connectivity index (χ0v) is 11.0. The van der Waals surface area contributed by atoms with Gasteiger partial charge in [0.05, 0.1) is 5.69 Å². The van der Waals surface area contributed by atoms with Crippen molar-refractivity contribution in [1.82, 2.24) is 20.0 Å². The van der Waals surface area contributed by atoms with Gasteiger partial charge >= 0.3 is 0 Å². The Morgan fingerprint density at radius 3 is 3.00 bits per heavy atom. The number of nitrogen functional groups attached to an aromatic ring is 1. The molecule has 2 aromatic heterocycles. The Morgan fingerprint density at radius 1 is 1.58 bits per heavy atom. The summed E-state index contributed by atoms with van der Waals surface area (Å²) >= 11 is 0. The number of carbonyl (C=O) groups excluding carboxylic acids is 1. The van der Waals surface area contributed by atoms with E-state index in [1.807, 2.05) is 18.4 Å². The molecule has 0 aliphatic heterocycles. The molecule has 0 aliphatic rings. The highest BCUT2D eigenvalue weighted by Crippen LogP contribution is 2.16. The van der Waals surface area contributed by atoms with Crippen molar-refractivity contribution in [3.8, 4) is 0 Å². The quantitative estimate of drug-likeness (QED) is 0.838. The first kappa shape index (κ1) is 13.1. The zero-order chi connectivity index (χ0) is 13.8. The first-order chi connectivity index (χ1) is 9.08. The molecule has 0 unspecified atom stereocenters. The van der Waals surface area contributed by atoms with Crippen LogP contribution in [-0.2, 0) is 6.42 Å². The number of rotatable bonds is 5. The van der Waals surface area contributed by atoms with Gasteiger partial charge in [0.25, 0.3) is 5.91 Å². The average molecular weight is 263 g/mol. The van der Waals surface area contributed by atoms with Crippen LogP contribution in [0.4, 0.5) is 5.69 Å². The Balaban J connectivity index is 1.96. The number of aromatic nitrogens is 3. The molecule has 0 aromatic carbocycles. The van der Waals surface area contributed by atoms with Crippen LogP contribution in [-0.4, -0.2) is 27.2 Å². The number of anilines is 1. The Bertz CT molecular complexity index is 544. The van der Waals surface area contributed by atoms with Crippen molar-refractivity contribution in [2.45, 2.75) is 26.3 Å². The Kier molecular flexibility index (Phi) is 3.84. The number of hydrogen-bond acceptors (Lipinski definition) is 5. The molecule has 7 nitrogen and oxygen atoms in total. The number of nitrogens with two attached hydrogens (primary N) is 1. The highest BCUT2D eigenvalue weighted by molar-refractivity contribution is 5.93. The van der Waals surface area contributed by atoms with Gasteiger partial charge in [-0.05, 0) is 19.9 Å². The summed E-state index contributed by atoms with van der Waals surface area (Å²) < 4.78 is 6.46. The second-order valence-corrected chi connectivity index (χ2v) is 4.51. The Labute approximate surface area is 110 Å². The van der Waals surface area contributed by atoms with Gasteiger partial charge in [0, 0.05) is 25.2 Å². The third-order valence-electron chi connectivity index (χ3n) is 2.70. The Morgan fingerprint density at radius 2 is 2.37 bits per heavy atom. The minimum atomic E-state index is -0.158. The second kappa shape index (κ2) is 5.55. The van der Waals surface area contributed by atoms with Gasteiger partial charge in [-0.25, -0.2) is 0 Å². The van der Waals surface area contributed by atoms with E-state index in [0.29, 0.717) is 30.2 Å². The van der Waals surface area contributed by atoms with Gasteiger partial charge in [0.2, 0.25) is 6.39 Å². The van der Waals surface area contributed by atoms with E-state index in [1.165, 1.54) is 6.39 Å². The molecule has 0 bridgehead atoms. The van der Waals surface area contributed by atoms with Crippen LogP contribution in [0.2, 0.25) is 0 Å². The SMILES string of the molecule is CC(C)n1cc(N)cc1C(=O)NCCc1ncon1. The van der Waals surface area contributed by atoms with Crippen LogP contribution in [0.25, 0.3) is 0 Å². The summed E-state index contributed by atoms with van der Waals surface area (Å²) in [5.74, 6) is 0.410. The third kappa shape index (κ3) is 3.12. The lowest BCUT2D eigenvalue weighted by Crippen LogP contribution is -2.28. The summed E-state index contributed by atoms with van der Waals surface area (Å²) in [7, 11) is 0. The van der Waals surface area contributed by atoms with Gasteiger partial charge in [-0.15, -0.1) is 0 Å². The predicted molar refractivity (Wildman–Crippen MR) is 69.6 cm³/mol. The van der Waals surface area contributed by atoms with Crippen LogP contribution in [0.5, 0.6) is 0 Å². The molecule has 0 saturated carbocycles. The molecule has 1 amide bonds. The second-order valence-electron chi connectivity index (χ2n) is 4.51. The van der Waals surface area contributed by atoms with E-state index in [1.54, 1.807) is 12.3 Å². The van der Waals surface area contributed by atoms with Crippen LogP contribution < -0.4 is 11.1 Å². The standard InChI is InChI=1S/C12H17N5O2/c1-8(2)17-6-9(13)5-10(17)12(18)14-4-3-11-15-7-19-16-11/h5-8H,3-4,13H2,1-2H3,(H,14,18). The topological polar surface area (TPSA) is 99.0 Å². The van der Waals surface area contributed by atoms with E-state index in [-0.39, 0.29) is 11.9 Å². The normalized spacial score (nSPS) is 10.9. The van der Waals surface area contributed by atoms with Crippen molar-refractivity contribution < 1.29 is 9.32 Å². The molecular weight excluding hydrogens is 246 g/mol. The van der Waals surface area contributed by atoms with Gasteiger partial charge in [0.15, 0.2) is 5.82 Å². The van der Waals surface area contributed by atoms with E-state index < -0.39 is 0 Å². The van der Waals surface area contributed by atoms with Crippen LogP contribution >= 0.6 is 0 Å². The fourth-order valence-corrected chi connectivity index (χ4v) is 1.79. The number of carbonyl (C=O) groups is 1. The first-order valence-corrected chi connectivity index (χ1v) is 6.08. The van der Waals surface area contributed by atoms with Gasteiger partial charge in [-0.3, -0.25) is 4.79 Å². The van der Waals surface area contributed by atoms with Gasteiger partial charge in [-0.2, -0.15) is 4.98 Å². The van der Waals surface area contributed by atoms with Crippen LogP contribution in [0.1, 0.15) is 36.2 Å². The lowest BCUT2D eigenvalue weighted by molar-refractivity contribution is 0.0943. The van der Waals surface area contributed by atoms with E-state index >= 15 is 0 Å². The summed E-state index contributed by atoms with van der Waals surface area (Å²) in [6.45, 7) is 4.44. The van der Waals surface area contributed by atoms with Gasteiger partial charge < -0.3 is 20.1 Å². The van der Waals surface area contributed by atoms with E-state index in [0.717, 1.165) is 0 Å². The molecule has 3 N–H and O–H groups in total. The van der Waals surface area contributed by atoms with Crippen molar-refractivity contribution in [3.63, 3.8) is 0 Å². The molecular formula is C12H17N5O2. The van der Waals surface area contributed by atoms with Gasteiger partial charge in [-0.1, -0.05) is 5.16 Å². The maximum atomic E-state index is 12.1. The number of nitrogens with zero attached hydrogens (tertiary/aromatic N) is 3. The lowest BCUT2D eigenvalue weighted by atomic mass is 10.3. The highest BCUT2D eigenvalue weighted by Gasteiger charge is 2.14. The van der Waals surface area contributed by atoms with Crippen molar-refractivity contribution in [3.05, 3.63) is 30.2 Å². The predicted octanol–water partition coefficient (Wildman–Crippen LogP) is 1.01. The smallest absolute Gasteiger partial charge is 0.268 e. The molecule has 0 atom stereocenters. The maximum absolute atomic E-state index is 12.1. The van der Waals surface area contributed by atoms with Crippen LogP contribution in [0, 0.1) is 0 Å². The summed E-state index contributed by atoms with van der Waals surface area (Å²) in [6.07, 6.45) is 3.56. The molecule has 7 heteroatoms. The molecule has 0 saturated heterocycles. The summed E-state index contributed by atoms with van der Waals surface area (Å²) in [5, 5.41) is 6.48. The van der Waals surface area contributed by atoms with Crippen molar-refractivity contribution in [1.29, 1.82) is 0 Å². The first-order valence-electron chi connectivity index (χ1n) is 6.08.